The number of H-pyrrole nitrogens is 1. The zero-order valence-corrected chi connectivity index (χ0v) is 18.7. The molecule has 1 aliphatic rings. The smallest absolute Gasteiger partial charge is 0.328 e. The fraction of sp³-hybridized carbons (Fsp3) is 0.143. The van der Waals surface area contributed by atoms with Gasteiger partial charge < -0.3 is 5.11 Å². The number of nitriles is 1. The number of aromatic amines is 1. The molecule has 2 heterocycles. The molecule has 2 aromatic heterocycles. The molecule has 1 aliphatic carbocycles. The molecule has 0 bridgehead atoms. The number of carboxylic acids is 1. The Morgan fingerprint density at radius 1 is 1.14 bits per heavy atom. The normalized spacial score (nSPS) is 14.5. The summed E-state index contributed by atoms with van der Waals surface area (Å²) < 4.78 is 14.4. The summed E-state index contributed by atoms with van der Waals surface area (Å²) in [5.74, 6) is -1.31. The molecule has 2 N–H and O–H groups in total. The van der Waals surface area contributed by atoms with E-state index in [2.05, 4.69) is 21.3 Å². The zero-order chi connectivity index (χ0) is 24.4. The molecule has 5 rings (SSSR count). The lowest BCUT2D eigenvalue weighted by Crippen LogP contribution is -2.16. The highest BCUT2D eigenvalue weighted by atomic mass is 19.1. The summed E-state index contributed by atoms with van der Waals surface area (Å²) in [7, 11) is 0. The zero-order valence-electron chi connectivity index (χ0n) is 18.7. The Morgan fingerprint density at radius 3 is 2.60 bits per heavy atom. The van der Waals surface area contributed by atoms with Crippen LogP contribution in [0.4, 0.5) is 4.39 Å². The average molecular weight is 465 g/mol. The lowest BCUT2D eigenvalue weighted by molar-refractivity contribution is -0.131. The van der Waals surface area contributed by atoms with E-state index in [9.17, 15) is 14.4 Å². The Morgan fingerprint density at radius 2 is 1.91 bits per heavy atom. The van der Waals surface area contributed by atoms with E-state index >= 15 is 0 Å². The van der Waals surface area contributed by atoms with Crippen LogP contribution in [0.25, 0.3) is 28.1 Å². The Bertz CT molecular complexity index is 1520. The maximum Gasteiger partial charge on any atom is 0.328 e. The second-order valence-electron chi connectivity index (χ2n) is 8.49. The molecule has 1 fully saturated rings. The number of carboxylic acid groups (broad SMARTS) is 1. The van der Waals surface area contributed by atoms with Crippen molar-refractivity contribution in [2.75, 3.05) is 0 Å². The third-order valence-electron chi connectivity index (χ3n) is 6.38. The highest BCUT2D eigenvalue weighted by Crippen LogP contribution is 2.45. The molecule has 0 atom stereocenters. The maximum absolute atomic E-state index is 14.4. The van der Waals surface area contributed by atoms with Gasteiger partial charge in [0.2, 0.25) is 5.95 Å². The van der Waals surface area contributed by atoms with E-state index in [-0.39, 0.29) is 5.92 Å². The molecule has 0 saturated heterocycles. The largest absolute Gasteiger partial charge is 0.478 e. The first-order valence-electron chi connectivity index (χ1n) is 11.3. The second kappa shape index (κ2) is 9.35. The van der Waals surface area contributed by atoms with Crippen molar-refractivity contribution in [3.8, 4) is 6.07 Å². The van der Waals surface area contributed by atoms with E-state index < -0.39 is 11.9 Å². The number of hydrogen-bond donors (Lipinski definition) is 2. The summed E-state index contributed by atoms with van der Waals surface area (Å²) in [6, 6.07) is 18.7. The molecule has 0 radical (unpaired) electrons. The summed E-state index contributed by atoms with van der Waals surface area (Å²) in [4.78, 5) is 15.5. The molecule has 35 heavy (non-hydrogen) atoms. The van der Waals surface area contributed by atoms with Gasteiger partial charge in [-0.15, -0.1) is 0 Å². The van der Waals surface area contributed by atoms with Gasteiger partial charge >= 0.3 is 5.97 Å². The van der Waals surface area contributed by atoms with Gasteiger partial charge in [-0.2, -0.15) is 14.8 Å². The molecule has 0 amide bonds. The third-order valence-corrected chi connectivity index (χ3v) is 6.38. The van der Waals surface area contributed by atoms with Crippen LogP contribution >= 0.6 is 0 Å². The minimum absolute atomic E-state index is 0.212. The van der Waals surface area contributed by atoms with Crippen molar-refractivity contribution in [3.05, 3.63) is 101 Å². The quantitative estimate of drug-likeness (QED) is 0.350. The Kier molecular flexibility index (Phi) is 5.94. The number of hydrogen-bond acceptors (Lipinski definition) is 4. The van der Waals surface area contributed by atoms with E-state index in [1.807, 2.05) is 30.3 Å². The van der Waals surface area contributed by atoms with Gasteiger partial charge in [0.1, 0.15) is 6.07 Å². The van der Waals surface area contributed by atoms with Crippen LogP contribution in [0.1, 0.15) is 47.2 Å². The lowest BCUT2D eigenvalue weighted by atomic mass is 9.73. The number of fused-ring (bicyclic) bond motifs is 1. The molecule has 6 nitrogen and oxygen atoms in total. The fourth-order valence-electron chi connectivity index (χ4n) is 4.46. The highest BCUT2D eigenvalue weighted by molar-refractivity contribution is 6.01. The number of carbonyl (C=O) groups is 1. The maximum atomic E-state index is 14.4. The topological polar surface area (TPSA) is 103 Å². The van der Waals surface area contributed by atoms with Gasteiger partial charge in [0.25, 0.3) is 0 Å². The van der Waals surface area contributed by atoms with E-state index in [4.69, 9.17) is 5.11 Å². The minimum Gasteiger partial charge on any atom is -0.478 e. The molecular formula is C28H21FN4O2. The average Bonchev–Trinajstić information content (AvgIpc) is 3.22. The first-order chi connectivity index (χ1) is 17.0. The van der Waals surface area contributed by atoms with Crippen LogP contribution in [0.15, 0.2) is 66.9 Å². The van der Waals surface area contributed by atoms with Crippen molar-refractivity contribution in [3.63, 3.8) is 0 Å². The predicted octanol–water partition coefficient (Wildman–Crippen LogP) is 5.83. The van der Waals surface area contributed by atoms with Crippen LogP contribution in [0.5, 0.6) is 0 Å². The van der Waals surface area contributed by atoms with Gasteiger partial charge in [0, 0.05) is 12.3 Å². The number of nitrogens with zero attached hydrogens (tertiary/aromatic N) is 3. The molecule has 7 heteroatoms. The van der Waals surface area contributed by atoms with E-state index in [0.717, 1.165) is 53.2 Å². The van der Waals surface area contributed by atoms with Gasteiger partial charge in [-0.25, -0.2) is 4.79 Å². The fourth-order valence-corrected chi connectivity index (χ4v) is 4.46. The number of pyridine rings is 1. The number of halogens is 1. The molecule has 0 unspecified atom stereocenters. The van der Waals surface area contributed by atoms with Gasteiger partial charge in [-0.3, -0.25) is 10.1 Å². The Hall–Kier alpha value is -4.57. The van der Waals surface area contributed by atoms with Crippen molar-refractivity contribution in [2.24, 2.45) is 5.92 Å². The summed E-state index contributed by atoms with van der Waals surface area (Å²) in [6.45, 7) is 0. The van der Waals surface area contributed by atoms with E-state index in [0.29, 0.717) is 22.2 Å². The standard InChI is InChI=1S/C28H21FN4O2/c29-28-22-15-20(11-12-23(22)32-33-28)25(19-9-6-17(7-10-19)8-13-24(34)35)26(18-3-1-4-18)27-21(16-30)5-2-14-31-27/h2,5-15,18H,1,3-4H2,(H,32,33)(H,34,35)/b13-8+,26-25+. The SMILES string of the molecule is N#Cc1cccnc1/C(=C(\c1ccc(/C=C/C(=O)O)cc1)c1ccc2n[nH]c(F)c2c1)C1CCC1. The van der Waals surface area contributed by atoms with Crippen LogP contribution < -0.4 is 0 Å². The number of rotatable bonds is 6. The van der Waals surface area contributed by atoms with Gasteiger partial charge in [0.15, 0.2) is 0 Å². The molecule has 2 aromatic carbocycles. The van der Waals surface area contributed by atoms with Gasteiger partial charge in [0.05, 0.1) is 22.2 Å². The number of aliphatic carboxylic acids is 1. The lowest BCUT2D eigenvalue weighted by Gasteiger charge is -2.31. The molecule has 4 aromatic rings. The summed E-state index contributed by atoms with van der Waals surface area (Å²) in [6.07, 6.45) is 7.34. The second-order valence-corrected chi connectivity index (χ2v) is 8.49. The van der Waals surface area contributed by atoms with E-state index in [1.165, 1.54) is 6.08 Å². The predicted molar refractivity (Wildman–Crippen MR) is 131 cm³/mol. The highest BCUT2D eigenvalue weighted by Gasteiger charge is 2.29. The number of nitrogens with one attached hydrogen (secondary N) is 1. The minimum atomic E-state index is -1.02. The monoisotopic (exact) mass is 464 g/mol. The first kappa shape index (κ1) is 22.2. The summed E-state index contributed by atoms with van der Waals surface area (Å²) in [5, 5.41) is 25.5. The van der Waals surface area contributed by atoms with Crippen LogP contribution in [0, 0.1) is 23.2 Å². The number of allylic oxidation sites excluding steroid dienone is 1. The van der Waals surface area contributed by atoms with Crippen molar-refractivity contribution < 1.29 is 14.3 Å². The van der Waals surface area contributed by atoms with Crippen molar-refractivity contribution in [2.45, 2.75) is 19.3 Å². The van der Waals surface area contributed by atoms with Gasteiger partial charge in [-0.1, -0.05) is 36.8 Å². The number of aromatic nitrogens is 3. The molecule has 1 saturated carbocycles. The first-order valence-corrected chi connectivity index (χ1v) is 11.3. The molecular weight excluding hydrogens is 443 g/mol. The molecule has 0 aliphatic heterocycles. The summed E-state index contributed by atoms with van der Waals surface area (Å²) >= 11 is 0. The molecule has 0 spiro atoms. The molecule has 172 valence electrons. The van der Waals surface area contributed by atoms with Crippen molar-refractivity contribution >= 4 is 34.1 Å². The Balaban J connectivity index is 1.78. The van der Waals surface area contributed by atoms with Gasteiger partial charge in [-0.05, 0) is 76.9 Å². The summed E-state index contributed by atoms with van der Waals surface area (Å²) in [5.41, 5.74) is 5.90. The number of benzene rings is 2. The van der Waals surface area contributed by atoms with Crippen LogP contribution in [0.2, 0.25) is 0 Å². The van der Waals surface area contributed by atoms with E-state index in [1.54, 1.807) is 30.5 Å². The van der Waals surface area contributed by atoms with Crippen molar-refractivity contribution in [1.82, 2.24) is 15.2 Å². The Labute approximate surface area is 201 Å². The van der Waals surface area contributed by atoms with Crippen LogP contribution in [-0.4, -0.2) is 26.3 Å². The third kappa shape index (κ3) is 4.34. The van der Waals surface area contributed by atoms with Crippen molar-refractivity contribution in [1.29, 1.82) is 5.26 Å². The van der Waals surface area contributed by atoms with Crippen LogP contribution in [0.3, 0.4) is 0 Å². The van der Waals surface area contributed by atoms with Crippen LogP contribution in [-0.2, 0) is 4.79 Å².